The van der Waals surface area contributed by atoms with Crippen LogP contribution in [-0.4, -0.2) is 21.7 Å². The molecule has 0 amide bonds. The molecule has 0 radical (unpaired) electrons. The van der Waals surface area contributed by atoms with Crippen LogP contribution in [0.2, 0.25) is 0 Å². The summed E-state index contributed by atoms with van der Waals surface area (Å²) in [6, 6.07) is 19.6. The van der Waals surface area contributed by atoms with E-state index >= 15 is 0 Å². The molecule has 0 unspecified atom stereocenters. The van der Waals surface area contributed by atoms with Crippen LogP contribution < -0.4 is 0 Å². The average molecular weight is 260 g/mol. The maximum atomic E-state index is 12.3. The molecule has 94 valence electrons. The fourth-order valence-electron chi connectivity index (χ4n) is 1.96. The Morgan fingerprint density at radius 2 is 1.33 bits per heavy atom. The van der Waals surface area contributed by atoms with Crippen LogP contribution in [0.5, 0.6) is 0 Å². The zero-order valence-electron chi connectivity index (χ0n) is 10.0. The first-order chi connectivity index (χ1) is 8.83. The summed E-state index contributed by atoms with van der Waals surface area (Å²) in [6.07, 6.45) is 0. The van der Waals surface area contributed by atoms with Crippen molar-refractivity contribution < 1.29 is 9.32 Å². The van der Waals surface area contributed by atoms with Crippen molar-refractivity contribution in [2.75, 3.05) is 12.4 Å². The highest BCUT2D eigenvalue weighted by atomic mass is 32.2. The van der Waals surface area contributed by atoms with Gasteiger partial charge >= 0.3 is 0 Å². The van der Waals surface area contributed by atoms with Crippen LogP contribution in [0.4, 0.5) is 0 Å². The normalized spacial score (nSPS) is 12.6. The fraction of sp³-hybridized carbons (Fsp3) is 0.200. The summed E-state index contributed by atoms with van der Waals surface area (Å²) in [4.78, 5) is 0. The van der Waals surface area contributed by atoms with Gasteiger partial charge in [0, 0.05) is 16.6 Å². The Bertz CT molecular complexity index is 457. The first kappa shape index (κ1) is 13.0. The van der Waals surface area contributed by atoms with Gasteiger partial charge in [0.15, 0.2) is 0 Å². The number of benzene rings is 2. The van der Waals surface area contributed by atoms with Crippen LogP contribution in [0.1, 0.15) is 16.4 Å². The Balaban J connectivity index is 2.38. The van der Waals surface area contributed by atoms with Crippen LogP contribution in [-0.2, 0) is 10.8 Å². The second-order valence-corrected chi connectivity index (χ2v) is 5.65. The number of hydrogen-bond donors (Lipinski definition) is 1. The predicted octanol–water partition coefficient (Wildman–Crippen LogP) is 2.52. The van der Waals surface area contributed by atoms with E-state index in [1.165, 1.54) is 0 Å². The highest BCUT2D eigenvalue weighted by molar-refractivity contribution is 7.85. The van der Waals surface area contributed by atoms with E-state index in [1.807, 2.05) is 60.7 Å². The van der Waals surface area contributed by atoms with Crippen LogP contribution in [0.25, 0.3) is 0 Å². The molecule has 0 saturated heterocycles. The molecular weight excluding hydrogens is 244 g/mol. The maximum absolute atomic E-state index is 12.3. The molecule has 0 aliphatic rings. The van der Waals surface area contributed by atoms with E-state index in [2.05, 4.69) is 0 Å². The molecule has 0 spiro atoms. The molecule has 2 aromatic carbocycles. The Kier molecular flexibility index (Phi) is 4.67. The van der Waals surface area contributed by atoms with E-state index in [1.54, 1.807) is 0 Å². The van der Waals surface area contributed by atoms with Gasteiger partial charge in [-0.15, -0.1) is 0 Å². The van der Waals surface area contributed by atoms with Crippen molar-refractivity contribution in [1.82, 2.24) is 0 Å². The van der Waals surface area contributed by atoms with Crippen molar-refractivity contribution in [2.24, 2.45) is 0 Å². The van der Waals surface area contributed by atoms with Crippen molar-refractivity contribution in [3.63, 3.8) is 0 Å². The molecule has 0 aliphatic heterocycles. The second-order valence-electron chi connectivity index (χ2n) is 4.01. The molecule has 1 atom stereocenters. The SMILES string of the molecule is O=[S@@](CCO)C(c1ccccc1)c1ccccc1. The molecule has 0 heterocycles. The second kappa shape index (κ2) is 6.47. The van der Waals surface area contributed by atoms with E-state index in [-0.39, 0.29) is 11.9 Å². The minimum Gasteiger partial charge on any atom is -0.395 e. The molecule has 1 N–H and O–H groups in total. The molecular formula is C15H16O2S. The van der Waals surface area contributed by atoms with E-state index in [0.29, 0.717) is 5.75 Å². The van der Waals surface area contributed by atoms with Gasteiger partial charge in [-0.25, -0.2) is 0 Å². The average Bonchev–Trinajstić information content (AvgIpc) is 2.42. The lowest BCUT2D eigenvalue weighted by Gasteiger charge is -2.17. The highest BCUT2D eigenvalue weighted by Gasteiger charge is 2.20. The predicted molar refractivity (Wildman–Crippen MR) is 74.8 cm³/mol. The lowest BCUT2D eigenvalue weighted by atomic mass is 10.0. The zero-order valence-corrected chi connectivity index (χ0v) is 10.8. The fourth-order valence-corrected chi connectivity index (χ4v) is 3.30. The Morgan fingerprint density at radius 1 is 0.889 bits per heavy atom. The monoisotopic (exact) mass is 260 g/mol. The number of rotatable bonds is 5. The standard InChI is InChI=1S/C15H16O2S/c16-11-12-18(17)15(13-7-3-1-4-8-13)14-9-5-2-6-10-14/h1-10,15-16H,11-12H2/t18-/m0/s1. The minimum absolute atomic E-state index is 0.0528. The summed E-state index contributed by atoms with van der Waals surface area (Å²) in [5.74, 6) is 0.300. The summed E-state index contributed by atoms with van der Waals surface area (Å²) in [7, 11) is -1.11. The molecule has 18 heavy (non-hydrogen) atoms. The molecule has 0 saturated carbocycles. The van der Waals surface area contributed by atoms with Gasteiger partial charge < -0.3 is 5.11 Å². The van der Waals surface area contributed by atoms with Crippen molar-refractivity contribution in [3.8, 4) is 0 Å². The first-order valence-corrected chi connectivity index (χ1v) is 7.29. The van der Waals surface area contributed by atoms with Gasteiger partial charge in [-0.1, -0.05) is 60.7 Å². The van der Waals surface area contributed by atoms with Crippen molar-refractivity contribution in [2.45, 2.75) is 5.25 Å². The van der Waals surface area contributed by atoms with Crippen LogP contribution in [0, 0.1) is 0 Å². The van der Waals surface area contributed by atoms with Gasteiger partial charge in [0.2, 0.25) is 0 Å². The van der Waals surface area contributed by atoms with Crippen LogP contribution >= 0.6 is 0 Å². The third-order valence-electron chi connectivity index (χ3n) is 2.76. The largest absolute Gasteiger partial charge is 0.395 e. The number of aliphatic hydroxyl groups excluding tert-OH is 1. The van der Waals surface area contributed by atoms with Crippen molar-refractivity contribution >= 4 is 10.8 Å². The highest BCUT2D eigenvalue weighted by Crippen LogP contribution is 2.27. The van der Waals surface area contributed by atoms with Gasteiger partial charge in [0.1, 0.15) is 0 Å². The smallest absolute Gasteiger partial charge is 0.0847 e. The lowest BCUT2D eigenvalue weighted by Crippen LogP contribution is -2.13. The van der Waals surface area contributed by atoms with Gasteiger partial charge in [-0.3, -0.25) is 4.21 Å². The number of aliphatic hydroxyl groups is 1. The molecule has 2 nitrogen and oxygen atoms in total. The quantitative estimate of drug-likeness (QED) is 0.897. The minimum atomic E-state index is -1.11. The van der Waals surface area contributed by atoms with E-state index < -0.39 is 10.8 Å². The van der Waals surface area contributed by atoms with Gasteiger partial charge in [0.25, 0.3) is 0 Å². The van der Waals surface area contributed by atoms with Gasteiger partial charge in [-0.2, -0.15) is 0 Å². The molecule has 2 rings (SSSR count). The summed E-state index contributed by atoms with van der Waals surface area (Å²) in [5, 5.41) is 8.82. The van der Waals surface area contributed by atoms with Crippen molar-refractivity contribution in [3.05, 3.63) is 71.8 Å². The molecule has 0 bridgehead atoms. The Hall–Kier alpha value is -1.45. The summed E-state index contributed by atoms with van der Waals surface area (Å²) < 4.78 is 12.3. The van der Waals surface area contributed by atoms with Crippen LogP contribution in [0.15, 0.2) is 60.7 Å². The Morgan fingerprint density at radius 3 is 1.72 bits per heavy atom. The Labute approximate surface area is 110 Å². The zero-order chi connectivity index (χ0) is 12.8. The first-order valence-electron chi connectivity index (χ1n) is 5.91. The third kappa shape index (κ3) is 3.06. The molecule has 0 fully saturated rings. The third-order valence-corrected chi connectivity index (χ3v) is 4.42. The molecule has 3 heteroatoms. The van der Waals surface area contributed by atoms with E-state index in [4.69, 9.17) is 5.11 Å². The lowest BCUT2D eigenvalue weighted by molar-refractivity contribution is 0.321. The molecule has 2 aromatic rings. The molecule has 0 aliphatic carbocycles. The van der Waals surface area contributed by atoms with Crippen LogP contribution in [0.3, 0.4) is 0 Å². The van der Waals surface area contributed by atoms with E-state index in [9.17, 15) is 4.21 Å². The summed E-state index contributed by atoms with van der Waals surface area (Å²) in [5.41, 5.74) is 2.05. The van der Waals surface area contributed by atoms with Gasteiger partial charge in [-0.05, 0) is 11.1 Å². The summed E-state index contributed by atoms with van der Waals surface area (Å²) in [6.45, 7) is -0.0528. The van der Waals surface area contributed by atoms with Crippen molar-refractivity contribution in [1.29, 1.82) is 0 Å². The maximum Gasteiger partial charge on any atom is 0.0847 e. The van der Waals surface area contributed by atoms with E-state index in [0.717, 1.165) is 11.1 Å². The number of hydrogen-bond acceptors (Lipinski definition) is 2. The van der Waals surface area contributed by atoms with Gasteiger partial charge in [0.05, 0.1) is 11.9 Å². The topological polar surface area (TPSA) is 37.3 Å². The summed E-state index contributed by atoms with van der Waals surface area (Å²) >= 11 is 0. The molecule has 0 aromatic heterocycles.